The summed E-state index contributed by atoms with van der Waals surface area (Å²) < 4.78 is 0. The Bertz CT molecular complexity index is 675. The molecule has 0 saturated carbocycles. The first-order valence-electron chi connectivity index (χ1n) is 9.43. The quantitative estimate of drug-likeness (QED) is 0.402. The number of nitrogens with one attached hydrogen (secondary N) is 2. The van der Waals surface area contributed by atoms with Crippen LogP contribution in [0.5, 0.6) is 5.75 Å². The minimum atomic E-state index is -1.19. The van der Waals surface area contributed by atoms with Crippen molar-refractivity contribution in [2.24, 2.45) is 17.6 Å². The van der Waals surface area contributed by atoms with Crippen molar-refractivity contribution in [1.82, 2.24) is 10.6 Å². The van der Waals surface area contributed by atoms with E-state index in [0.29, 0.717) is 12.0 Å². The largest absolute Gasteiger partial charge is 0.508 e. The number of rotatable bonds is 10. The molecule has 28 heavy (non-hydrogen) atoms. The summed E-state index contributed by atoms with van der Waals surface area (Å²) in [6.07, 6.45) is 0.666. The van der Waals surface area contributed by atoms with Gasteiger partial charge in [-0.1, -0.05) is 46.2 Å². The van der Waals surface area contributed by atoms with Gasteiger partial charge in [0.1, 0.15) is 17.8 Å². The normalized spacial score (nSPS) is 15.4. The van der Waals surface area contributed by atoms with E-state index in [9.17, 15) is 24.6 Å². The fourth-order valence-electron chi connectivity index (χ4n) is 2.58. The van der Waals surface area contributed by atoms with Crippen LogP contribution in [-0.2, 0) is 20.8 Å². The Morgan fingerprint density at radius 3 is 2.07 bits per heavy atom. The van der Waals surface area contributed by atoms with E-state index in [4.69, 9.17) is 5.73 Å². The molecule has 0 heterocycles. The van der Waals surface area contributed by atoms with Crippen LogP contribution in [0.25, 0.3) is 0 Å². The Morgan fingerprint density at radius 2 is 1.61 bits per heavy atom. The Balaban J connectivity index is 2.91. The summed E-state index contributed by atoms with van der Waals surface area (Å²) in [4.78, 5) is 36.7. The second-order valence-corrected chi connectivity index (χ2v) is 7.41. The fraction of sp³-hybridized carbons (Fsp3) is 0.550. The molecule has 0 unspecified atom stereocenters. The van der Waals surface area contributed by atoms with E-state index in [1.807, 2.05) is 6.92 Å². The van der Waals surface area contributed by atoms with Gasteiger partial charge in [-0.2, -0.15) is 0 Å². The van der Waals surface area contributed by atoms with E-state index in [-0.39, 0.29) is 24.0 Å². The highest BCUT2D eigenvalue weighted by Crippen LogP contribution is 2.13. The predicted molar refractivity (Wildman–Crippen MR) is 106 cm³/mol. The number of carboxylic acids is 1. The summed E-state index contributed by atoms with van der Waals surface area (Å²) in [6.45, 7) is 7.30. The molecule has 156 valence electrons. The van der Waals surface area contributed by atoms with Crippen molar-refractivity contribution in [2.75, 3.05) is 0 Å². The molecular formula is C20H31N3O5. The van der Waals surface area contributed by atoms with Gasteiger partial charge >= 0.3 is 5.97 Å². The molecule has 8 heteroatoms. The number of carbonyl (C=O) groups excluding carboxylic acids is 2. The SMILES string of the molecule is CC[C@H](C)[C@H](NC(=O)[C@@H](N)C(C)C)C(=O)N[C@@H](Cc1ccc(O)cc1)C(=O)O. The van der Waals surface area contributed by atoms with Crippen molar-refractivity contribution in [3.05, 3.63) is 29.8 Å². The molecule has 0 spiro atoms. The van der Waals surface area contributed by atoms with Crippen LogP contribution in [0.15, 0.2) is 24.3 Å². The van der Waals surface area contributed by atoms with E-state index in [2.05, 4.69) is 10.6 Å². The molecule has 1 rings (SSSR count). The molecule has 1 aromatic carbocycles. The number of amides is 2. The Morgan fingerprint density at radius 1 is 1.04 bits per heavy atom. The van der Waals surface area contributed by atoms with Crippen LogP contribution in [0, 0.1) is 11.8 Å². The third kappa shape index (κ3) is 6.84. The first kappa shape index (κ1) is 23.4. The van der Waals surface area contributed by atoms with E-state index in [1.54, 1.807) is 32.9 Å². The molecule has 1 aromatic rings. The molecule has 0 saturated heterocycles. The van der Waals surface area contributed by atoms with Gasteiger partial charge in [0.05, 0.1) is 6.04 Å². The standard InChI is InChI=1S/C20H31N3O5/c1-5-12(4)17(23-18(25)16(21)11(2)3)19(26)22-15(20(27)28)10-13-6-8-14(24)9-7-13/h6-9,11-12,15-17,24H,5,10,21H2,1-4H3,(H,22,26)(H,23,25)(H,27,28)/t12-,15-,16-,17-/m0/s1. The maximum atomic E-state index is 12.8. The van der Waals surface area contributed by atoms with Crippen LogP contribution >= 0.6 is 0 Å². The fourth-order valence-corrected chi connectivity index (χ4v) is 2.58. The third-order valence-corrected chi connectivity index (χ3v) is 4.80. The van der Waals surface area contributed by atoms with Crippen LogP contribution in [0.1, 0.15) is 39.7 Å². The van der Waals surface area contributed by atoms with Gasteiger partial charge in [-0.25, -0.2) is 4.79 Å². The predicted octanol–water partition coefficient (Wildman–Crippen LogP) is 1.02. The van der Waals surface area contributed by atoms with Gasteiger partial charge in [0, 0.05) is 6.42 Å². The van der Waals surface area contributed by atoms with Gasteiger partial charge in [0.25, 0.3) is 0 Å². The summed E-state index contributed by atoms with van der Waals surface area (Å²) in [5.41, 5.74) is 6.51. The zero-order valence-corrected chi connectivity index (χ0v) is 16.8. The van der Waals surface area contributed by atoms with Crippen molar-refractivity contribution in [3.8, 4) is 5.75 Å². The number of hydrogen-bond acceptors (Lipinski definition) is 5. The molecule has 2 amide bonds. The lowest BCUT2D eigenvalue weighted by Gasteiger charge is -2.27. The van der Waals surface area contributed by atoms with Crippen LogP contribution in [-0.4, -0.2) is 46.1 Å². The van der Waals surface area contributed by atoms with E-state index in [0.717, 1.165) is 0 Å². The molecule has 0 fully saturated rings. The third-order valence-electron chi connectivity index (χ3n) is 4.80. The van der Waals surface area contributed by atoms with Crippen LogP contribution in [0.2, 0.25) is 0 Å². The van der Waals surface area contributed by atoms with Gasteiger partial charge in [0.15, 0.2) is 0 Å². The highest BCUT2D eigenvalue weighted by Gasteiger charge is 2.31. The zero-order chi connectivity index (χ0) is 21.4. The number of aliphatic carboxylic acids is 1. The highest BCUT2D eigenvalue weighted by atomic mass is 16.4. The summed E-state index contributed by atoms with van der Waals surface area (Å²) in [7, 11) is 0. The number of phenolic OH excluding ortho intramolecular Hbond substituents is 1. The Labute approximate surface area is 165 Å². The lowest BCUT2D eigenvalue weighted by Crippen LogP contribution is -2.57. The molecule has 0 aromatic heterocycles. The maximum absolute atomic E-state index is 12.8. The number of nitrogens with two attached hydrogens (primary N) is 1. The first-order valence-corrected chi connectivity index (χ1v) is 9.43. The topological polar surface area (TPSA) is 142 Å². The average molecular weight is 393 g/mol. The van der Waals surface area contributed by atoms with Gasteiger partial charge in [-0.3, -0.25) is 9.59 Å². The van der Waals surface area contributed by atoms with Gasteiger partial charge in [0.2, 0.25) is 11.8 Å². The van der Waals surface area contributed by atoms with Crippen LogP contribution in [0.4, 0.5) is 0 Å². The van der Waals surface area contributed by atoms with Gasteiger partial charge in [-0.05, 0) is 29.5 Å². The number of carbonyl (C=O) groups is 3. The van der Waals surface area contributed by atoms with Crippen molar-refractivity contribution in [3.63, 3.8) is 0 Å². The maximum Gasteiger partial charge on any atom is 0.326 e. The minimum absolute atomic E-state index is 0.0496. The molecular weight excluding hydrogens is 362 g/mol. The summed E-state index contributed by atoms with van der Waals surface area (Å²) in [5, 5.41) is 24.0. The molecule has 0 aliphatic rings. The number of hydrogen-bond donors (Lipinski definition) is 5. The van der Waals surface area contributed by atoms with Crippen molar-refractivity contribution < 1.29 is 24.6 Å². The lowest BCUT2D eigenvalue weighted by atomic mass is 9.96. The summed E-state index contributed by atoms with van der Waals surface area (Å²) >= 11 is 0. The van der Waals surface area contributed by atoms with Crippen LogP contribution in [0.3, 0.4) is 0 Å². The number of carboxylic acid groups (broad SMARTS) is 1. The Kier molecular flexibility index (Phi) is 8.91. The molecule has 6 N–H and O–H groups in total. The van der Waals surface area contributed by atoms with Crippen LogP contribution < -0.4 is 16.4 Å². The second-order valence-electron chi connectivity index (χ2n) is 7.41. The lowest BCUT2D eigenvalue weighted by molar-refractivity contribution is -0.142. The molecule has 8 nitrogen and oxygen atoms in total. The van der Waals surface area contributed by atoms with Gasteiger partial charge < -0.3 is 26.6 Å². The summed E-state index contributed by atoms with van der Waals surface area (Å²) in [6, 6.07) is 3.27. The molecule has 0 aliphatic heterocycles. The highest BCUT2D eigenvalue weighted by molar-refractivity contribution is 5.92. The number of phenols is 1. The Hall–Kier alpha value is -2.61. The van der Waals surface area contributed by atoms with Crippen molar-refractivity contribution in [2.45, 2.75) is 58.7 Å². The van der Waals surface area contributed by atoms with E-state index >= 15 is 0 Å². The first-order chi connectivity index (χ1) is 13.1. The zero-order valence-electron chi connectivity index (χ0n) is 16.8. The summed E-state index contributed by atoms with van der Waals surface area (Å²) in [5.74, 6) is -2.42. The van der Waals surface area contributed by atoms with Crippen molar-refractivity contribution >= 4 is 17.8 Å². The molecule has 0 aliphatic carbocycles. The average Bonchev–Trinajstić information content (AvgIpc) is 2.65. The molecule has 4 atom stereocenters. The van der Waals surface area contributed by atoms with Crippen molar-refractivity contribution in [1.29, 1.82) is 0 Å². The molecule has 0 radical (unpaired) electrons. The monoisotopic (exact) mass is 393 g/mol. The van der Waals surface area contributed by atoms with E-state index in [1.165, 1.54) is 12.1 Å². The number of aromatic hydroxyl groups is 1. The minimum Gasteiger partial charge on any atom is -0.508 e. The number of benzene rings is 1. The van der Waals surface area contributed by atoms with E-state index < -0.39 is 35.9 Å². The molecule has 0 bridgehead atoms. The second kappa shape index (κ2) is 10.7. The van der Waals surface area contributed by atoms with Gasteiger partial charge in [-0.15, -0.1) is 0 Å². The smallest absolute Gasteiger partial charge is 0.326 e.